The number of rotatable bonds is 4. The Morgan fingerprint density at radius 1 is 1.35 bits per heavy atom. The molecule has 1 aliphatic heterocycles. The summed E-state index contributed by atoms with van der Waals surface area (Å²) in [4.78, 5) is 26.6. The van der Waals surface area contributed by atoms with Crippen LogP contribution >= 0.6 is 0 Å². The van der Waals surface area contributed by atoms with Crippen LogP contribution in [0.4, 0.5) is 10.5 Å². The predicted octanol–water partition coefficient (Wildman–Crippen LogP) is 2.88. The molecule has 1 aromatic heterocycles. The van der Waals surface area contributed by atoms with Gasteiger partial charge in [0.25, 0.3) is 5.91 Å². The molecule has 3 N–H and O–H groups in total. The summed E-state index contributed by atoms with van der Waals surface area (Å²) in [5.74, 6) is 0.182. The molecule has 0 aliphatic carbocycles. The second-order valence-electron chi connectivity index (χ2n) is 6.59. The number of amides is 3. The number of likely N-dealkylation sites (tertiary alicyclic amines) is 1. The van der Waals surface area contributed by atoms with Gasteiger partial charge >= 0.3 is 6.03 Å². The number of carbonyl (C=O) groups is 2. The van der Waals surface area contributed by atoms with Crippen molar-refractivity contribution in [1.82, 2.24) is 20.4 Å². The number of aryl methyl sites for hydroxylation is 1. The van der Waals surface area contributed by atoms with Crippen LogP contribution in [-0.4, -0.2) is 46.7 Å². The van der Waals surface area contributed by atoms with Gasteiger partial charge in [-0.3, -0.25) is 9.89 Å². The van der Waals surface area contributed by atoms with E-state index in [1.807, 2.05) is 43.0 Å². The molecule has 1 aliphatic rings. The zero-order chi connectivity index (χ0) is 18.5. The molecule has 1 atom stereocenters. The highest BCUT2D eigenvalue weighted by Gasteiger charge is 2.28. The lowest BCUT2D eigenvalue weighted by atomic mass is 9.93. The number of aromatic nitrogens is 2. The lowest BCUT2D eigenvalue weighted by Gasteiger charge is -2.33. The number of piperidine rings is 1. The number of hydrogen-bond acceptors (Lipinski definition) is 3. The first-order valence-corrected chi connectivity index (χ1v) is 9.03. The Hall–Kier alpha value is -2.83. The summed E-state index contributed by atoms with van der Waals surface area (Å²) in [6.07, 6.45) is 3.48. The molecule has 3 amide bonds. The molecule has 26 heavy (non-hydrogen) atoms. The maximum atomic E-state index is 12.9. The maximum Gasteiger partial charge on any atom is 0.319 e. The topological polar surface area (TPSA) is 90.1 Å². The van der Waals surface area contributed by atoms with Gasteiger partial charge in [0.1, 0.15) is 0 Å². The fourth-order valence-corrected chi connectivity index (χ4v) is 3.41. The number of H-pyrrole nitrogens is 1. The van der Waals surface area contributed by atoms with Gasteiger partial charge in [-0.2, -0.15) is 5.10 Å². The highest BCUT2D eigenvalue weighted by Crippen LogP contribution is 2.31. The van der Waals surface area contributed by atoms with E-state index < -0.39 is 0 Å². The van der Waals surface area contributed by atoms with Crippen LogP contribution in [0, 0.1) is 6.92 Å². The first-order valence-electron chi connectivity index (χ1n) is 9.03. The number of aromatic amines is 1. The van der Waals surface area contributed by atoms with Crippen LogP contribution in [0.3, 0.4) is 0 Å². The van der Waals surface area contributed by atoms with E-state index in [0.717, 1.165) is 36.2 Å². The molecule has 0 spiro atoms. The second kappa shape index (κ2) is 8.03. The van der Waals surface area contributed by atoms with Gasteiger partial charge in [-0.25, -0.2) is 4.79 Å². The highest BCUT2D eigenvalue weighted by molar-refractivity contribution is 5.95. The Bertz CT molecular complexity index is 786. The van der Waals surface area contributed by atoms with Crippen LogP contribution in [0.25, 0.3) is 0 Å². The predicted molar refractivity (Wildman–Crippen MR) is 100 cm³/mol. The van der Waals surface area contributed by atoms with Crippen molar-refractivity contribution in [1.29, 1.82) is 0 Å². The van der Waals surface area contributed by atoms with Gasteiger partial charge < -0.3 is 15.5 Å². The van der Waals surface area contributed by atoms with Crippen LogP contribution in [0.1, 0.15) is 47.3 Å². The third kappa shape index (κ3) is 3.87. The minimum atomic E-state index is -0.251. The van der Waals surface area contributed by atoms with E-state index in [0.29, 0.717) is 18.8 Å². The number of nitrogens with zero attached hydrogens (tertiary/aromatic N) is 2. The van der Waals surface area contributed by atoms with Crippen LogP contribution in [-0.2, 0) is 0 Å². The Labute approximate surface area is 153 Å². The molecule has 0 radical (unpaired) electrons. The minimum absolute atomic E-state index is 0.0607. The van der Waals surface area contributed by atoms with Crippen LogP contribution < -0.4 is 10.6 Å². The van der Waals surface area contributed by atoms with Crippen molar-refractivity contribution >= 4 is 17.6 Å². The summed E-state index contributed by atoms with van der Waals surface area (Å²) in [7, 11) is 0. The number of urea groups is 1. The number of benzene rings is 1. The van der Waals surface area contributed by atoms with Gasteiger partial charge in [0, 0.05) is 31.1 Å². The largest absolute Gasteiger partial charge is 0.338 e. The molecular weight excluding hydrogens is 330 g/mol. The normalized spacial score (nSPS) is 17.0. The molecule has 1 aromatic carbocycles. The van der Waals surface area contributed by atoms with E-state index in [9.17, 15) is 9.59 Å². The molecule has 3 rings (SSSR count). The lowest BCUT2D eigenvalue weighted by Crippen LogP contribution is -2.39. The Morgan fingerprint density at radius 3 is 2.92 bits per heavy atom. The first-order chi connectivity index (χ1) is 12.6. The van der Waals surface area contributed by atoms with E-state index in [1.165, 1.54) is 0 Å². The molecule has 7 nitrogen and oxygen atoms in total. The van der Waals surface area contributed by atoms with Gasteiger partial charge in [-0.1, -0.05) is 18.2 Å². The van der Waals surface area contributed by atoms with Gasteiger partial charge in [-0.15, -0.1) is 0 Å². The second-order valence-corrected chi connectivity index (χ2v) is 6.59. The molecule has 138 valence electrons. The number of nitrogens with one attached hydrogen (secondary N) is 3. The minimum Gasteiger partial charge on any atom is -0.338 e. The van der Waals surface area contributed by atoms with E-state index in [2.05, 4.69) is 20.8 Å². The van der Waals surface area contributed by atoms with Crippen molar-refractivity contribution in [3.05, 3.63) is 47.3 Å². The van der Waals surface area contributed by atoms with Crippen molar-refractivity contribution in [2.75, 3.05) is 25.0 Å². The Kier molecular flexibility index (Phi) is 5.55. The Morgan fingerprint density at radius 2 is 2.15 bits per heavy atom. The van der Waals surface area contributed by atoms with Crippen LogP contribution in [0.5, 0.6) is 0 Å². The molecular formula is C19H25N5O2. The van der Waals surface area contributed by atoms with Gasteiger partial charge in [-0.05, 0) is 38.3 Å². The SMILES string of the molecule is CCNC(=O)Nc1cn[nH]c1[C@H]1CCCN(C(=O)c2ccccc2C)C1. The van der Waals surface area contributed by atoms with E-state index >= 15 is 0 Å². The maximum absolute atomic E-state index is 12.9. The fourth-order valence-electron chi connectivity index (χ4n) is 3.41. The quantitative estimate of drug-likeness (QED) is 0.788. The molecule has 0 bridgehead atoms. The summed E-state index contributed by atoms with van der Waals surface area (Å²) in [6, 6.07) is 7.41. The fraction of sp³-hybridized carbons (Fsp3) is 0.421. The molecule has 0 unspecified atom stereocenters. The summed E-state index contributed by atoms with van der Waals surface area (Å²) >= 11 is 0. The summed E-state index contributed by atoms with van der Waals surface area (Å²) in [6.45, 7) is 5.74. The average Bonchev–Trinajstić information content (AvgIpc) is 3.10. The molecule has 1 fully saturated rings. The van der Waals surface area contributed by atoms with E-state index in [4.69, 9.17) is 0 Å². The van der Waals surface area contributed by atoms with E-state index in [-0.39, 0.29) is 17.9 Å². The number of carbonyl (C=O) groups excluding carboxylic acids is 2. The summed E-state index contributed by atoms with van der Waals surface area (Å²) in [5.41, 5.74) is 3.28. The molecule has 0 saturated carbocycles. The molecule has 7 heteroatoms. The van der Waals surface area contributed by atoms with Gasteiger partial charge in [0.15, 0.2) is 0 Å². The summed E-state index contributed by atoms with van der Waals surface area (Å²) in [5, 5.41) is 12.6. The van der Waals surface area contributed by atoms with Gasteiger partial charge in [0.2, 0.25) is 0 Å². The smallest absolute Gasteiger partial charge is 0.319 e. The van der Waals surface area contributed by atoms with Crippen LogP contribution in [0.2, 0.25) is 0 Å². The molecule has 1 saturated heterocycles. The van der Waals surface area contributed by atoms with E-state index in [1.54, 1.807) is 6.20 Å². The molecule has 2 aromatic rings. The third-order valence-electron chi connectivity index (χ3n) is 4.75. The van der Waals surface area contributed by atoms with Crippen molar-refractivity contribution in [3.63, 3.8) is 0 Å². The zero-order valence-electron chi connectivity index (χ0n) is 15.2. The highest BCUT2D eigenvalue weighted by atomic mass is 16.2. The van der Waals surface area contributed by atoms with Crippen molar-refractivity contribution < 1.29 is 9.59 Å². The third-order valence-corrected chi connectivity index (χ3v) is 4.75. The lowest BCUT2D eigenvalue weighted by molar-refractivity contribution is 0.0705. The Balaban J connectivity index is 1.73. The molecule has 2 heterocycles. The summed E-state index contributed by atoms with van der Waals surface area (Å²) < 4.78 is 0. The number of anilines is 1. The van der Waals surface area contributed by atoms with Crippen molar-refractivity contribution in [2.24, 2.45) is 0 Å². The first kappa shape index (κ1) is 18.0. The van der Waals surface area contributed by atoms with Crippen LogP contribution in [0.15, 0.2) is 30.5 Å². The van der Waals surface area contributed by atoms with Crippen molar-refractivity contribution in [2.45, 2.75) is 32.6 Å². The number of hydrogen-bond donors (Lipinski definition) is 3. The zero-order valence-corrected chi connectivity index (χ0v) is 15.2. The monoisotopic (exact) mass is 355 g/mol. The average molecular weight is 355 g/mol. The standard InChI is InChI=1S/C19H25N5O2/c1-3-20-19(26)22-16-11-21-23-17(16)14-8-6-10-24(12-14)18(25)15-9-5-4-7-13(15)2/h4-5,7,9,11,14H,3,6,8,10,12H2,1-2H3,(H,21,23)(H2,20,22,26)/t14-/m0/s1. The van der Waals surface area contributed by atoms with Gasteiger partial charge in [0.05, 0.1) is 17.6 Å². The van der Waals surface area contributed by atoms with Crippen molar-refractivity contribution in [3.8, 4) is 0 Å².